The van der Waals surface area contributed by atoms with E-state index in [0.29, 0.717) is 6.54 Å². The van der Waals surface area contributed by atoms with Crippen LogP contribution >= 0.6 is 11.3 Å². The molecular weight excluding hydrogens is 363 g/mol. The van der Waals surface area contributed by atoms with Crippen molar-refractivity contribution in [3.63, 3.8) is 0 Å². The van der Waals surface area contributed by atoms with Gasteiger partial charge in [0.1, 0.15) is 10.8 Å². The van der Waals surface area contributed by atoms with E-state index < -0.39 is 0 Å². The van der Waals surface area contributed by atoms with Crippen molar-refractivity contribution in [1.82, 2.24) is 10.3 Å². The van der Waals surface area contributed by atoms with E-state index in [4.69, 9.17) is 4.74 Å². The van der Waals surface area contributed by atoms with E-state index in [9.17, 15) is 4.39 Å². The van der Waals surface area contributed by atoms with Gasteiger partial charge in [-0.05, 0) is 43.7 Å². The molecule has 5 nitrogen and oxygen atoms in total. The molecule has 0 unspecified atom stereocenters. The lowest BCUT2D eigenvalue weighted by Crippen LogP contribution is -2.39. The number of benzene rings is 1. The maximum Gasteiger partial charge on any atom is 0.125 e. The molecule has 7 heteroatoms. The fraction of sp³-hybridized carbons (Fsp3) is 0.500. The largest absolute Gasteiger partial charge is 0.379 e. The lowest BCUT2D eigenvalue weighted by Gasteiger charge is -2.28. The standard InChI is InChI=1S/C20H27FN4OS/c1-2-17-12-15-14-22-18-13-16(21)4-5-19(18)25(20(15)27-17)23-6-3-7-24-8-10-26-11-9-24/h4-5,12-13,22-23H,2-3,6-11,14H2,1H3. The number of ether oxygens (including phenoxy) is 1. The molecule has 27 heavy (non-hydrogen) atoms. The molecule has 0 radical (unpaired) electrons. The van der Waals surface area contributed by atoms with Crippen molar-refractivity contribution in [1.29, 1.82) is 0 Å². The first-order chi connectivity index (χ1) is 13.2. The fourth-order valence-electron chi connectivity index (χ4n) is 3.59. The van der Waals surface area contributed by atoms with Crippen molar-refractivity contribution in [3.05, 3.63) is 40.5 Å². The molecule has 1 aromatic carbocycles. The van der Waals surface area contributed by atoms with Crippen molar-refractivity contribution in [3.8, 4) is 0 Å². The number of hydrogen-bond acceptors (Lipinski definition) is 6. The molecule has 1 aromatic heterocycles. The molecule has 2 aliphatic rings. The van der Waals surface area contributed by atoms with Crippen molar-refractivity contribution in [2.24, 2.45) is 0 Å². The topological polar surface area (TPSA) is 39.8 Å². The molecule has 1 saturated heterocycles. The SMILES string of the molecule is CCc1cc2c(s1)N(NCCCN1CCOCC1)c1ccc(F)cc1NC2. The van der Waals surface area contributed by atoms with Crippen LogP contribution in [0.25, 0.3) is 0 Å². The predicted octanol–water partition coefficient (Wildman–Crippen LogP) is 3.74. The van der Waals surface area contributed by atoms with Crippen LogP contribution in [-0.4, -0.2) is 44.3 Å². The third-order valence-corrected chi connectivity index (χ3v) is 6.39. The van der Waals surface area contributed by atoms with Crippen LogP contribution in [0.2, 0.25) is 0 Å². The number of thiophene rings is 1. The smallest absolute Gasteiger partial charge is 0.125 e. The van der Waals surface area contributed by atoms with Gasteiger partial charge in [0, 0.05) is 36.6 Å². The number of anilines is 3. The van der Waals surface area contributed by atoms with Crippen molar-refractivity contribution >= 4 is 27.7 Å². The highest BCUT2D eigenvalue weighted by Crippen LogP contribution is 2.41. The van der Waals surface area contributed by atoms with Gasteiger partial charge in [-0.25, -0.2) is 9.82 Å². The Labute approximate surface area is 164 Å². The van der Waals surface area contributed by atoms with E-state index in [1.165, 1.54) is 21.5 Å². The van der Waals surface area contributed by atoms with E-state index in [2.05, 4.69) is 33.6 Å². The molecule has 3 heterocycles. The third kappa shape index (κ3) is 4.27. The number of nitrogens with zero attached hydrogens (tertiary/aromatic N) is 2. The molecule has 1 fully saturated rings. The van der Waals surface area contributed by atoms with Crippen molar-refractivity contribution in [2.75, 3.05) is 49.7 Å². The van der Waals surface area contributed by atoms with Gasteiger partial charge < -0.3 is 10.1 Å². The summed E-state index contributed by atoms with van der Waals surface area (Å²) in [5, 5.41) is 6.75. The monoisotopic (exact) mass is 390 g/mol. The van der Waals surface area contributed by atoms with Crippen LogP contribution in [0.5, 0.6) is 0 Å². The summed E-state index contributed by atoms with van der Waals surface area (Å²) in [5.74, 6) is -0.215. The van der Waals surface area contributed by atoms with Crippen LogP contribution in [0, 0.1) is 5.82 Å². The molecule has 146 valence electrons. The molecule has 0 amide bonds. The number of hydrazine groups is 1. The Kier molecular flexibility index (Phi) is 5.92. The molecular formula is C20H27FN4OS. The van der Waals surface area contributed by atoms with Gasteiger partial charge in [0.05, 0.1) is 24.6 Å². The Hall–Kier alpha value is -1.67. The second-order valence-electron chi connectivity index (χ2n) is 6.96. The molecule has 2 aromatic rings. The highest BCUT2D eigenvalue weighted by Gasteiger charge is 2.23. The minimum atomic E-state index is -0.215. The van der Waals surface area contributed by atoms with Crippen LogP contribution in [0.4, 0.5) is 20.8 Å². The average Bonchev–Trinajstić information content (AvgIpc) is 3.05. The molecule has 0 atom stereocenters. The Balaban J connectivity index is 1.49. The Morgan fingerprint density at radius 2 is 2.11 bits per heavy atom. The highest BCUT2D eigenvalue weighted by molar-refractivity contribution is 7.16. The van der Waals surface area contributed by atoms with E-state index >= 15 is 0 Å². The minimum Gasteiger partial charge on any atom is -0.379 e. The van der Waals surface area contributed by atoms with E-state index in [1.54, 1.807) is 6.07 Å². The number of nitrogens with one attached hydrogen (secondary N) is 2. The number of halogens is 1. The quantitative estimate of drug-likeness (QED) is 0.736. The minimum absolute atomic E-state index is 0.215. The molecule has 0 aliphatic carbocycles. The van der Waals surface area contributed by atoms with Gasteiger partial charge in [-0.2, -0.15) is 0 Å². The summed E-state index contributed by atoms with van der Waals surface area (Å²) in [6.07, 6.45) is 2.08. The van der Waals surface area contributed by atoms with Gasteiger partial charge in [0.15, 0.2) is 0 Å². The van der Waals surface area contributed by atoms with Crippen molar-refractivity contribution in [2.45, 2.75) is 26.3 Å². The number of aryl methyl sites for hydroxylation is 1. The molecule has 0 saturated carbocycles. The van der Waals surface area contributed by atoms with E-state index in [0.717, 1.165) is 63.6 Å². The summed E-state index contributed by atoms with van der Waals surface area (Å²) in [4.78, 5) is 3.82. The average molecular weight is 391 g/mol. The Morgan fingerprint density at radius 1 is 1.26 bits per heavy atom. The molecule has 2 N–H and O–H groups in total. The predicted molar refractivity (Wildman–Crippen MR) is 109 cm³/mol. The zero-order valence-corrected chi connectivity index (χ0v) is 16.6. The zero-order valence-electron chi connectivity index (χ0n) is 15.8. The van der Waals surface area contributed by atoms with Crippen LogP contribution < -0.4 is 15.8 Å². The number of rotatable bonds is 6. The van der Waals surface area contributed by atoms with Crippen LogP contribution in [0.3, 0.4) is 0 Å². The van der Waals surface area contributed by atoms with Gasteiger partial charge in [-0.15, -0.1) is 11.3 Å². The zero-order chi connectivity index (χ0) is 18.6. The number of fused-ring (bicyclic) bond motifs is 2. The lowest BCUT2D eigenvalue weighted by molar-refractivity contribution is 0.0374. The Bertz CT molecular complexity index is 775. The number of hydrogen-bond donors (Lipinski definition) is 2. The summed E-state index contributed by atoms with van der Waals surface area (Å²) < 4.78 is 19.2. The summed E-state index contributed by atoms with van der Waals surface area (Å²) in [5.41, 5.74) is 6.66. The maximum absolute atomic E-state index is 13.7. The third-order valence-electron chi connectivity index (χ3n) is 5.08. The van der Waals surface area contributed by atoms with Crippen molar-refractivity contribution < 1.29 is 9.13 Å². The first-order valence-electron chi connectivity index (χ1n) is 9.73. The van der Waals surface area contributed by atoms with Gasteiger partial charge in [-0.1, -0.05) is 6.92 Å². The van der Waals surface area contributed by atoms with Gasteiger partial charge in [0.2, 0.25) is 0 Å². The van der Waals surface area contributed by atoms with Crippen LogP contribution in [-0.2, 0) is 17.7 Å². The van der Waals surface area contributed by atoms with E-state index in [-0.39, 0.29) is 5.82 Å². The maximum atomic E-state index is 13.7. The second-order valence-corrected chi connectivity index (χ2v) is 8.08. The Morgan fingerprint density at radius 3 is 2.93 bits per heavy atom. The van der Waals surface area contributed by atoms with Gasteiger partial charge >= 0.3 is 0 Å². The summed E-state index contributed by atoms with van der Waals surface area (Å²) in [6.45, 7) is 8.54. The van der Waals surface area contributed by atoms with E-state index in [1.807, 2.05) is 17.4 Å². The van der Waals surface area contributed by atoms with Gasteiger partial charge in [-0.3, -0.25) is 9.91 Å². The second kappa shape index (κ2) is 8.56. The molecule has 2 aliphatic heterocycles. The lowest BCUT2D eigenvalue weighted by atomic mass is 10.2. The normalized spacial score (nSPS) is 17.2. The first kappa shape index (κ1) is 18.7. The summed E-state index contributed by atoms with van der Waals surface area (Å²) >= 11 is 1.81. The fourth-order valence-corrected chi connectivity index (χ4v) is 4.70. The molecule has 4 rings (SSSR count). The summed E-state index contributed by atoms with van der Waals surface area (Å²) in [7, 11) is 0. The highest BCUT2D eigenvalue weighted by atomic mass is 32.1. The van der Waals surface area contributed by atoms with Crippen LogP contribution in [0.15, 0.2) is 24.3 Å². The van der Waals surface area contributed by atoms with Crippen LogP contribution in [0.1, 0.15) is 23.8 Å². The van der Waals surface area contributed by atoms with Gasteiger partial charge in [0.25, 0.3) is 0 Å². The molecule has 0 spiro atoms. The first-order valence-corrected chi connectivity index (χ1v) is 10.5. The number of morpholine rings is 1. The molecule has 0 bridgehead atoms. The summed E-state index contributed by atoms with van der Waals surface area (Å²) in [6, 6.07) is 7.22.